The van der Waals surface area contributed by atoms with Crippen molar-refractivity contribution in [3.63, 3.8) is 0 Å². The topological polar surface area (TPSA) is 68.0 Å². The van der Waals surface area contributed by atoms with Crippen LogP contribution in [-0.4, -0.2) is 16.1 Å². The second kappa shape index (κ2) is 8.29. The molecule has 0 aliphatic carbocycles. The minimum atomic E-state index is -0.571. The molecule has 1 amide bonds. The maximum atomic E-state index is 12.8. The SMILES string of the molecule is Cc1ccc(C(=O)NC(c2ccccc2)c2nnc(-c3ccc(Cl)cc3)o2)cc1. The summed E-state index contributed by atoms with van der Waals surface area (Å²) in [6.07, 6.45) is 0. The fourth-order valence-corrected chi connectivity index (χ4v) is 3.04. The minimum absolute atomic E-state index is 0.218. The molecule has 1 atom stereocenters. The number of halogens is 1. The zero-order chi connectivity index (χ0) is 20.2. The third-order valence-electron chi connectivity index (χ3n) is 4.50. The second-order valence-electron chi connectivity index (χ2n) is 6.64. The zero-order valence-electron chi connectivity index (χ0n) is 15.7. The molecule has 0 bridgehead atoms. The first-order valence-corrected chi connectivity index (χ1v) is 9.50. The van der Waals surface area contributed by atoms with E-state index in [9.17, 15) is 4.79 Å². The van der Waals surface area contributed by atoms with Crippen molar-refractivity contribution in [3.05, 3.63) is 106 Å². The summed E-state index contributed by atoms with van der Waals surface area (Å²) in [6, 6.07) is 23.5. The van der Waals surface area contributed by atoms with Gasteiger partial charge < -0.3 is 9.73 Å². The molecule has 0 spiro atoms. The Hall–Kier alpha value is -3.44. The highest BCUT2D eigenvalue weighted by Gasteiger charge is 2.24. The zero-order valence-corrected chi connectivity index (χ0v) is 16.4. The molecule has 0 radical (unpaired) electrons. The molecule has 0 saturated heterocycles. The van der Waals surface area contributed by atoms with E-state index in [0.717, 1.165) is 16.7 Å². The lowest BCUT2D eigenvalue weighted by molar-refractivity contribution is 0.0938. The molecule has 5 nitrogen and oxygen atoms in total. The number of nitrogens with zero attached hydrogens (tertiary/aromatic N) is 2. The number of rotatable bonds is 5. The molecule has 4 rings (SSSR count). The molecule has 29 heavy (non-hydrogen) atoms. The van der Waals surface area contributed by atoms with Crippen LogP contribution in [0.2, 0.25) is 5.02 Å². The summed E-state index contributed by atoms with van der Waals surface area (Å²) in [5, 5.41) is 12.0. The van der Waals surface area contributed by atoms with Gasteiger partial charge in [0.1, 0.15) is 6.04 Å². The molecule has 0 fully saturated rings. The molecule has 1 aromatic heterocycles. The first-order chi connectivity index (χ1) is 14.1. The van der Waals surface area contributed by atoms with Crippen molar-refractivity contribution in [3.8, 4) is 11.5 Å². The quantitative estimate of drug-likeness (QED) is 0.496. The number of aromatic nitrogens is 2. The molecule has 1 N–H and O–H groups in total. The standard InChI is InChI=1S/C23H18ClN3O2/c1-15-7-9-17(10-8-15)21(28)25-20(16-5-3-2-4-6-16)23-27-26-22(29-23)18-11-13-19(24)14-12-18/h2-14,20H,1H3,(H,25,28). The van der Waals surface area contributed by atoms with Gasteiger partial charge in [-0.15, -0.1) is 10.2 Å². The van der Waals surface area contributed by atoms with Crippen LogP contribution in [0, 0.1) is 6.92 Å². The third kappa shape index (κ3) is 4.36. The molecule has 1 unspecified atom stereocenters. The fourth-order valence-electron chi connectivity index (χ4n) is 2.91. The number of carbonyl (C=O) groups excluding carboxylic acids is 1. The number of hydrogen-bond acceptors (Lipinski definition) is 4. The lowest BCUT2D eigenvalue weighted by atomic mass is 10.1. The van der Waals surface area contributed by atoms with Gasteiger partial charge in [0.25, 0.3) is 5.91 Å². The van der Waals surface area contributed by atoms with Gasteiger partial charge in [-0.05, 0) is 48.9 Å². The van der Waals surface area contributed by atoms with E-state index in [1.165, 1.54) is 0 Å². The van der Waals surface area contributed by atoms with Crippen LogP contribution < -0.4 is 5.32 Å². The Kier molecular flexibility index (Phi) is 5.40. The molecular weight excluding hydrogens is 386 g/mol. The predicted molar refractivity (Wildman–Crippen MR) is 112 cm³/mol. The van der Waals surface area contributed by atoms with Crippen molar-refractivity contribution < 1.29 is 9.21 Å². The number of carbonyl (C=O) groups is 1. The summed E-state index contributed by atoms with van der Waals surface area (Å²) in [5.74, 6) is 0.453. The van der Waals surface area contributed by atoms with Crippen LogP contribution in [0.15, 0.2) is 83.3 Å². The van der Waals surface area contributed by atoms with Crippen LogP contribution in [0.3, 0.4) is 0 Å². The average molecular weight is 404 g/mol. The largest absolute Gasteiger partial charge is 0.418 e. The van der Waals surface area contributed by atoms with Crippen molar-refractivity contribution in [2.75, 3.05) is 0 Å². The van der Waals surface area contributed by atoms with E-state index < -0.39 is 6.04 Å². The van der Waals surface area contributed by atoms with Crippen LogP contribution in [0.5, 0.6) is 0 Å². The fraction of sp³-hybridized carbons (Fsp3) is 0.0870. The first-order valence-electron chi connectivity index (χ1n) is 9.12. The predicted octanol–water partition coefficient (Wildman–Crippen LogP) is 5.22. The Labute approximate surface area is 173 Å². The smallest absolute Gasteiger partial charge is 0.252 e. The van der Waals surface area contributed by atoms with E-state index >= 15 is 0 Å². The third-order valence-corrected chi connectivity index (χ3v) is 4.75. The normalized spacial score (nSPS) is 11.8. The highest BCUT2D eigenvalue weighted by Crippen LogP contribution is 2.26. The van der Waals surface area contributed by atoms with Crippen molar-refractivity contribution in [2.45, 2.75) is 13.0 Å². The molecule has 0 saturated carbocycles. The molecular formula is C23H18ClN3O2. The summed E-state index contributed by atoms with van der Waals surface area (Å²) >= 11 is 5.95. The van der Waals surface area contributed by atoms with Crippen LogP contribution in [-0.2, 0) is 0 Å². The van der Waals surface area contributed by atoms with Gasteiger partial charge in [0, 0.05) is 16.1 Å². The number of amides is 1. The highest BCUT2D eigenvalue weighted by molar-refractivity contribution is 6.30. The van der Waals surface area contributed by atoms with Gasteiger partial charge in [0.2, 0.25) is 11.8 Å². The molecule has 144 valence electrons. The summed E-state index contributed by atoms with van der Waals surface area (Å²) in [4.78, 5) is 12.8. The van der Waals surface area contributed by atoms with Gasteiger partial charge in [0.05, 0.1) is 0 Å². The number of nitrogens with one attached hydrogen (secondary N) is 1. The highest BCUT2D eigenvalue weighted by atomic mass is 35.5. The van der Waals surface area contributed by atoms with Gasteiger partial charge in [-0.25, -0.2) is 0 Å². The van der Waals surface area contributed by atoms with Crippen LogP contribution >= 0.6 is 11.6 Å². The molecule has 3 aromatic carbocycles. The van der Waals surface area contributed by atoms with Gasteiger partial charge in [-0.1, -0.05) is 59.6 Å². The van der Waals surface area contributed by atoms with E-state index in [-0.39, 0.29) is 5.91 Å². The lowest BCUT2D eigenvalue weighted by Crippen LogP contribution is -2.29. The Morgan fingerprint density at radius 2 is 1.62 bits per heavy atom. The Bertz CT molecular complexity index is 1110. The van der Waals surface area contributed by atoms with Crippen LogP contribution in [0.4, 0.5) is 0 Å². The minimum Gasteiger partial charge on any atom is -0.418 e. The summed E-state index contributed by atoms with van der Waals surface area (Å²) < 4.78 is 5.90. The maximum absolute atomic E-state index is 12.8. The summed E-state index contributed by atoms with van der Waals surface area (Å²) in [6.45, 7) is 1.98. The molecule has 4 aromatic rings. The van der Waals surface area contributed by atoms with Crippen LogP contribution in [0.1, 0.15) is 33.4 Å². The van der Waals surface area contributed by atoms with E-state index in [1.807, 2.05) is 61.5 Å². The van der Waals surface area contributed by atoms with Crippen LogP contribution in [0.25, 0.3) is 11.5 Å². The Morgan fingerprint density at radius 1 is 0.931 bits per heavy atom. The van der Waals surface area contributed by atoms with E-state index in [0.29, 0.717) is 22.4 Å². The van der Waals surface area contributed by atoms with E-state index in [1.54, 1.807) is 24.3 Å². The monoisotopic (exact) mass is 403 g/mol. The van der Waals surface area contributed by atoms with Crippen molar-refractivity contribution in [2.24, 2.45) is 0 Å². The van der Waals surface area contributed by atoms with E-state index in [4.69, 9.17) is 16.0 Å². The summed E-state index contributed by atoms with van der Waals surface area (Å²) in [7, 11) is 0. The molecule has 0 aliphatic rings. The average Bonchev–Trinajstić information content (AvgIpc) is 3.23. The maximum Gasteiger partial charge on any atom is 0.252 e. The first kappa shape index (κ1) is 18.9. The van der Waals surface area contributed by atoms with Crippen molar-refractivity contribution >= 4 is 17.5 Å². The van der Waals surface area contributed by atoms with Gasteiger partial charge in [-0.2, -0.15) is 0 Å². The molecule has 6 heteroatoms. The van der Waals surface area contributed by atoms with E-state index in [2.05, 4.69) is 15.5 Å². The second-order valence-corrected chi connectivity index (χ2v) is 7.07. The number of aryl methyl sites for hydroxylation is 1. The Morgan fingerprint density at radius 3 is 2.31 bits per heavy atom. The Balaban J connectivity index is 1.65. The lowest BCUT2D eigenvalue weighted by Gasteiger charge is -2.16. The van der Waals surface area contributed by atoms with Gasteiger partial charge >= 0.3 is 0 Å². The number of hydrogen-bond donors (Lipinski definition) is 1. The summed E-state index contributed by atoms with van der Waals surface area (Å²) in [5.41, 5.74) is 3.25. The van der Waals surface area contributed by atoms with Crippen molar-refractivity contribution in [1.82, 2.24) is 15.5 Å². The van der Waals surface area contributed by atoms with Crippen molar-refractivity contribution in [1.29, 1.82) is 0 Å². The van der Waals surface area contributed by atoms with Gasteiger partial charge in [0.15, 0.2) is 0 Å². The molecule has 1 heterocycles. The molecule has 0 aliphatic heterocycles. The van der Waals surface area contributed by atoms with Gasteiger partial charge in [-0.3, -0.25) is 4.79 Å². The number of benzene rings is 3.